The van der Waals surface area contributed by atoms with Gasteiger partial charge in [-0.1, -0.05) is 12.1 Å². The molecule has 1 unspecified atom stereocenters. The first-order chi connectivity index (χ1) is 8.45. The van der Waals surface area contributed by atoms with Crippen LogP contribution in [-0.4, -0.2) is 23.0 Å². The lowest BCUT2D eigenvalue weighted by atomic mass is 10.1. The normalized spacial score (nSPS) is 11.7. The number of carboxylic acids is 1. The third kappa shape index (κ3) is 3.43. The molecular weight excluding hydrogens is 232 g/mol. The van der Waals surface area contributed by atoms with Crippen molar-refractivity contribution in [1.29, 1.82) is 0 Å². The highest BCUT2D eigenvalue weighted by Crippen LogP contribution is 2.15. The number of aryl methyl sites for hydroxylation is 1. The summed E-state index contributed by atoms with van der Waals surface area (Å²) in [6, 6.07) is 4.01. The van der Waals surface area contributed by atoms with Crippen molar-refractivity contribution in [3.63, 3.8) is 0 Å². The van der Waals surface area contributed by atoms with Crippen LogP contribution in [-0.2, 0) is 4.79 Å². The van der Waals surface area contributed by atoms with Crippen molar-refractivity contribution >= 4 is 17.6 Å². The predicted molar refractivity (Wildman–Crippen MR) is 69.6 cm³/mol. The maximum absolute atomic E-state index is 11.6. The number of amides is 1. The Morgan fingerprint density at radius 1 is 1.56 bits per heavy atom. The predicted octanol–water partition coefficient (Wildman–Crippen LogP) is 1.54. The van der Waals surface area contributed by atoms with Crippen LogP contribution in [0.15, 0.2) is 30.9 Å². The minimum atomic E-state index is -1.03. The second kappa shape index (κ2) is 5.97. The summed E-state index contributed by atoms with van der Waals surface area (Å²) in [5.41, 5.74) is 6.82. The molecule has 0 bridgehead atoms. The number of aromatic carboxylic acids is 1. The monoisotopic (exact) mass is 248 g/mol. The highest BCUT2D eigenvalue weighted by Gasteiger charge is 2.13. The fourth-order valence-electron chi connectivity index (χ4n) is 1.45. The first-order valence-electron chi connectivity index (χ1n) is 5.47. The summed E-state index contributed by atoms with van der Waals surface area (Å²) in [6.07, 6.45) is 1.92. The summed E-state index contributed by atoms with van der Waals surface area (Å²) in [7, 11) is 0. The number of carboxylic acid groups (broad SMARTS) is 1. The van der Waals surface area contributed by atoms with Crippen LogP contribution >= 0.6 is 0 Å². The van der Waals surface area contributed by atoms with Crippen LogP contribution in [0.25, 0.3) is 0 Å². The number of nitrogens with two attached hydrogens (primary N) is 1. The zero-order valence-electron chi connectivity index (χ0n) is 10.1. The molecule has 0 aromatic heterocycles. The molecular formula is C13H16N2O3. The molecule has 0 heterocycles. The van der Waals surface area contributed by atoms with E-state index in [-0.39, 0.29) is 11.5 Å². The Bertz CT molecular complexity index is 483. The van der Waals surface area contributed by atoms with Crippen LogP contribution < -0.4 is 11.1 Å². The van der Waals surface area contributed by atoms with Crippen LogP contribution in [0, 0.1) is 6.92 Å². The van der Waals surface area contributed by atoms with Gasteiger partial charge in [0.05, 0.1) is 11.6 Å². The standard InChI is InChI=1S/C13H16N2O3/c1-3-4-11(14)12(16)15-9-6-5-8(2)10(7-9)13(17)18/h3,5-7,11H,1,4,14H2,2H3,(H,15,16)(H,17,18). The van der Waals surface area contributed by atoms with E-state index < -0.39 is 12.0 Å². The van der Waals surface area contributed by atoms with Crippen molar-refractivity contribution in [1.82, 2.24) is 0 Å². The first-order valence-corrected chi connectivity index (χ1v) is 5.47. The fourth-order valence-corrected chi connectivity index (χ4v) is 1.45. The smallest absolute Gasteiger partial charge is 0.336 e. The minimum absolute atomic E-state index is 0.157. The van der Waals surface area contributed by atoms with E-state index in [9.17, 15) is 9.59 Å². The minimum Gasteiger partial charge on any atom is -0.478 e. The van der Waals surface area contributed by atoms with E-state index in [4.69, 9.17) is 10.8 Å². The highest BCUT2D eigenvalue weighted by atomic mass is 16.4. The number of carbonyl (C=O) groups is 2. The van der Waals surface area contributed by atoms with Gasteiger partial charge in [0, 0.05) is 5.69 Å². The maximum atomic E-state index is 11.6. The van der Waals surface area contributed by atoms with Crippen molar-refractivity contribution in [3.8, 4) is 0 Å². The van der Waals surface area contributed by atoms with Crippen LogP contribution in [0.5, 0.6) is 0 Å². The average Bonchev–Trinajstić information content (AvgIpc) is 2.31. The number of anilines is 1. The molecule has 0 saturated heterocycles. The van der Waals surface area contributed by atoms with Gasteiger partial charge in [-0.25, -0.2) is 4.79 Å². The maximum Gasteiger partial charge on any atom is 0.336 e. The second-order valence-corrected chi connectivity index (χ2v) is 3.95. The van der Waals surface area contributed by atoms with Gasteiger partial charge in [0.25, 0.3) is 0 Å². The Hall–Kier alpha value is -2.14. The number of hydrogen-bond donors (Lipinski definition) is 3. The molecule has 0 spiro atoms. The summed E-state index contributed by atoms with van der Waals surface area (Å²) in [6.45, 7) is 5.19. The quantitative estimate of drug-likeness (QED) is 0.689. The zero-order valence-corrected chi connectivity index (χ0v) is 10.1. The van der Waals surface area contributed by atoms with E-state index >= 15 is 0 Å². The zero-order chi connectivity index (χ0) is 13.7. The Morgan fingerprint density at radius 3 is 2.78 bits per heavy atom. The summed E-state index contributed by atoms with van der Waals surface area (Å²) in [5, 5.41) is 11.5. The lowest BCUT2D eigenvalue weighted by Gasteiger charge is -2.11. The molecule has 1 amide bonds. The summed E-state index contributed by atoms with van der Waals surface area (Å²) in [4.78, 5) is 22.6. The molecule has 1 rings (SSSR count). The van der Waals surface area contributed by atoms with Crippen molar-refractivity contribution in [2.75, 3.05) is 5.32 Å². The molecule has 1 atom stereocenters. The first kappa shape index (κ1) is 13.9. The van der Waals surface area contributed by atoms with Gasteiger partial charge >= 0.3 is 5.97 Å². The molecule has 4 N–H and O–H groups in total. The highest BCUT2D eigenvalue weighted by molar-refractivity contribution is 5.97. The van der Waals surface area contributed by atoms with Gasteiger partial charge in [0.2, 0.25) is 5.91 Å². The largest absolute Gasteiger partial charge is 0.478 e. The van der Waals surface area contributed by atoms with E-state index in [1.165, 1.54) is 6.07 Å². The van der Waals surface area contributed by atoms with E-state index in [1.807, 2.05) is 0 Å². The molecule has 0 aliphatic rings. The van der Waals surface area contributed by atoms with Crippen molar-refractivity contribution < 1.29 is 14.7 Å². The van der Waals surface area contributed by atoms with Crippen LogP contribution in [0.2, 0.25) is 0 Å². The molecule has 1 aromatic carbocycles. The van der Waals surface area contributed by atoms with Crippen LogP contribution in [0.3, 0.4) is 0 Å². The lowest BCUT2D eigenvalue weighted by molar-refractivity contribution is -0.117. The SMILES string of the molecule is C=CCC(N)C(=O)Nc1ccc(C)c(C(=O)O)c1. The van der Waals surface area contributed by atoms with Gasteiger partial charge in [-0.15, -0.1) is 6.58 Å². The van der Waals surface area contributed by atoms with Gasteiger partial charge in [0.1, 0.15) is 0 Å². The number of benzene rings is 1. The van der Waals surface area contributed by atoms with E-state index in [0.717, 1.165) is 0 Å². The molecule has 18 heavy (non-hydrogen) atoms. The molecule has 0 aliphatic carbocycles. The average molecular weight is 248 g/mol. The van der Waals surface area contributed by atoms with Gasteiger partial charge in [-0.2, -0.15) is 0 Å². The van der Waals surface area contributed by atoms with Gasteiger partial charge in [-0.05, 0) is 31.0 Å². The summed E-state index contributed by atoms with van der Waals surface area (Å²) < 4.78 is 0. The molecule has 0 radical (unpaired) electrons. The third-order valence-corrected chi connectivity index (χ3v) is 2.49. The Morgan fingerprint density at radius 2 is 2.22 bits per heavy atom. The van der Waals surface area contributed by atoms with Crippen LogP contribution in [0.4, 0.5) is 5.69 Å². The van der Waals surface area contributed by atoms with Crippen molar-refractivity contribution in [3.05, 3.63) is 42.0 Å². The molecule has 5 heteroatoms. The van der Waals surface area contributed by atoms with E-state index in [2.05, 4.69) is 11.9 Å². The Kier molecular flexibility index (Phi) is 4.62. The van der Waals surface area contributed by atoms with Crippen molar-refractivity contribution in [2.24, 2.45) is 5.73 Å². The molecule has 0 fully saturated rings. The number of carbonyl (C=O) groups excluding carboxylic acids is 1. The van der Waals surface area contributed by atoms with Gasteiger partial charge in [0.15, 0.2) is 0 Å². The summed E-state index contributed by atoms with van der Waals surface area (Å²) in [5.74, 6) is -1.39. The second-order valence-electron chi connectivity index (χ2n) is 3.95. The van der Waals surface area contributed by atoms with Gasteiger partial charge in [-0.3, -0.25) is 4.79 Å². The van der Waals surface area contributed by atoms with E-state index in [0.29, 0.717) is 17.7 Å². The number of nitrogens with one attached hydrogen (secondary N) is 1. The molecule has 0 aliphatic heterocycles. The summed E-state index contributed by atoms with van der Waals surface area (Å²) >= 11 is 0. The molecule has 0 saturated carbocycles. The lowest BCUT2D eigenvalue weighted by Crippen LogP contribution is -2.35. The number of rotatable bonds is 5. The van der Waals surface area contributed by atoms with Gasteiger partial charge < -0.3 is 16.2 Å². The van der Waals surface area contributed by atoms with Crippen molar-refractivity contribution in [2.45, 2.75) is 19.4 Å². The Balaban J connectivity index is 2.85. The number of hydrogen-bond acceptors (Lipinski definition) is 3. The third-order valence-electron chi connectivity index (χ3n) is 2.49. The molecule has 96 valence electrons. The Labute approximate surface area is 105 Å². The van der Waals surface area contributed by atoms with Crippen LogP contribution in [0.1, 0.15) is 22.3 Å². The van der Waals surface area contributed by atoms with E-state index in [1.54, 1.807) is 25.1 Å². The molecule has 1 aromatic rings. The fraction of sp³-hybridized carbons (Fsp3) is 0.231. The molecule has 5 nitrogen and oxygen atoms in total. The topological polar surface area (TPSA) is 92.4 Å².